The van der Waals surface area contributed by atoms with Gasteiger partial charge in [-0.1, -0.05) is 0 Å². The highest BCUT2D eigenvalue weighted by Gasteiger charge is 2.21. The van der Waals surface area contributed by atoms with Gasteiger partial charge in [-0.25, -0.2) is 8.78 Å². The van der Waals surface area contributed by atoms with Gasteiger partial charge in [-0.15, -0.1) is 11.3 Å². The van der Waals surface area contributed by atoms with Crippen LogP contribution in [0.4, 0.5) is 8.78 Å². The standard InChI is InChI=1S/C19H20BrF2N3O2S/c20-17-4-2-14(28-17)12-24-7-9-25(10-8-24)18(26)5-6-23-19(27)15-3-1-13(21)11-16(15)22/h1-4,11H,5-10,12H2,(H,23,27). The smallest absolute Gasteiger partial charge is 0.254 e. The molecule has 5 nitrogen and oxygen atoms in total. The van der Waals surface area contributed by atoms with Gasteiger partial charge in [-0.05, 0) is 40.2 Å². The molecule has 1 N–H and O–H groups in total. The number of carbonyl (C=O) groups excluding carboxylic acids is 2. The number of thiophene rings is 1. The summed E-state index contributed by atoms with van der Waals surface area (Å²) >= 11 is 5.17. The first kappa shape index (κ1) is 20.9. The zero-order valence-corrected chi connectivity index (χ0v) is 17.5. The van der Waals surface area contributed by atoms with Crippen LogP contribution in [0.1, 0.15) is 21.7 Å². The molecule has 0 bridgehead atoms. The number of hydrogen-bond acceptors (Lipinski definition) is 4. The van der Waals surface area contributed by atoms with Gasteiger partial charge in [0.15, 0.2) is 0 Å². The summed E-state index contributed by atoms with van der Waals surface area (Å²) in [4.78, 5) is 29.6. The van der Waals surface area contributed by atoms with Crippen LogP contribution in [0.15, 0.2) is 34.1 Å². The molecule has 2 heterocycles. The lowest BCUT2D eigenvalue weighted by molar-refractivity contribution is -0.132. The van der Waals surface area contributed by atoms with Crippen LogP contribution >= 0.6 is 27.3 Å². The summed E-state index contributed by atoms with van der Waals surface area (Å²) in [6.45, 7) is 3.87. The number of piperazine rings is 1. The van der Waals surface area contributed by atoms with E-state index in [0.717, 1.165) is 35.6 Å². The number of nitrogens with one attached hydrogen (secondary N) is 1. The SMILES string of the molecule is O=C(NCCC(=O)N1CCN(Cc2ccc(Br)s2)CC1)c1ccc(F)cc1F. The summed E-state index contributed by atoms with van der Waals surface area (Å²) in [6.07, 6.45) is 0.145. The largest absolute Gasteiger partial charge is 0.351 e. The maximum Gasteiger partial charge on any atom is 0.254 e. The molecule has 0 unspecified atom stereocenters. The van der Waals surface area contributed by atoms with Crippen molar-refractivity contribution in [3.8, 4) is 0 Å². The average molecular weight is 472 g/mol. The van der Waals surface area contributed by atoms with E-state index in [4.69, 9.17) is 0 Å². The molecule has 0 spiro atoms. The molecule has 1 saturated heterocycles. The summed E-state index contributed by atoms with van der Waals surface area (Å²) in [7, 11) is 0. The van der Waals surface area contributed by atoms with Gasteiger partial charge in [0.05, 0.1) is 9.35 Å². The van der Waals surface area contributed by atoms with E-state index in [1.54, 1.807) is 16.2 Å². The number of halogens is 3. The predicted octanol–water partition coefficient (Wildman–Crippen LogP) is 3.25. The fraction of sp³-hybridized carbons (Fsp3) is 0.368. The highest BCUT2D eigenvalue weighted by molar-refractivity contribution is 9.11. The number of carbonyl (C=O) groups is 2. The van der Waals surface area contributed by atoms with Crippen LogP contribution in [-0.2, 0) is 11.3 Å². The van der Waals surface area contributed by atoms with Crippen molar-refractivity contribution in [3.05, 3.63) is 56.2 Å². The number of hydrogen-bond donors (Lipinski definition) is 1. The van der Waals surface area contributed by atoms with Gasteiger partial charge >= 0.3 is 0 Å². The van der Waals surface area contributed by atoms with Crippen LogP contribution in [0.25, 0.3) is 0 Å². The zero-order valence-electron chi connectivity index (χ0n) is 15.1. The van der Waals surface area contributed by atoms with Crippen LogP contribution < -0.4 is 5.32 Å². The van der Waals surface area contributed by atoms with Gasteiger partial charge in [0.2, 0.25) is 5.91 Å². The Balaban J connectivity index is 1.39. The third kappa shape index (κ3) is 5.59. The second-order valence-electron chi connectivity index (χ2n) is 6.49. The van der Waals surface area contributed by atoms with E-state index in [2.05, 4.69) is 32.2 Å². The number of amides is 2. The van der Waals surface area contributed by atoms with E-state index >= 15 is 0 Å². The molecule has 0 atom stereocenters. The first-order chi connectivity index (χ1) is 13.4. The Kier molecular flexibility index (Phi) is 7.14. The predicted molar refractivity (Wildman–Crippen MR) is 107 cm³/mol. The lowest BCUT2D eigenvalue weighted by atomic mass is 10.2. The van der Waals surface area contributed by atoms with Crippen LogP contribution in [0.3, 0.4) is 0 Å². The molecule has 150 valence electrons. The Labute approximate surface area is 174 Å². The Hall–Kier alpha value is -1.84. The summed E-state index contributed by atoms with van der Waals surface area (Å²) in [5, 5.41) is 2.51. The molecule has 2 amide bonds. The lowest BCUT2D eigenvalue weighted by Crippen LogP contribution is -2.48. The minimum Gasteiger partial charge on any atom is -0.351 e. The maximum atomic E-state index is 13.6. The zero-order chi connectivity index (χ0) is 20.1. The van der Waals surface area contributed by atoms with Gasteiger partial charge in [0.25, 0.3) is 5.91 Å². The highest BCUT2D eigenvalue weighted by atomic mass is 79.9. The monoisotopic (exact) mass is 471 g/mol. The molecule has 9 heteroatoms. The van der Waals surface area contributed by atoms with Crippen molar-refractivity contribution < 1.29 is 18.4 Å². The molecule has 1 aliphatic rings. The van der Waals surface area contributed by atoms with Crippen molar-refractivity contribution in [2.75, 3.05) is 32.7 Å². The Morgan fingerprint density at radius 1 is 1.11 bits per heavy atom. The highest BCUT2D eigenvalue weighted by Crippen LogP contribution is 2.23. The van der Waals surface area contributed by atoms with Crippen molar-refractivity contribution in [3.63, 3.8) is 0 Å². The fourth-order valence-corrected chi connectivity index (χ4v) is 4.55. The van der Waals surface area contributed by atoms with Crippen molar-refractivity contribution in [1.29, 1.82) is 0 Å². The van der Waals surface area contributed by atoms with Crippen LogP contribution in [0.2, 0.25) is 0 Å². The van der Waals surface area contributed by atoms with Crippen molar-refractivity contribution >= 4 is 39.1 Å². The average Bonchev–Trinajstić information content (AvgIpc) is 3.06. The molecule has 1 aromatic heterocycles. The Bertz CT molecular complexity index is 853. The summed E-state index contributed by atoms with van der Waals surface area (Å²) < 4.78 is 27.6. The molecule has 1 aromatic carbocycles. The molecule has 0 radical (unpaired) electrons. The van der Waals surface area contributed by atoms with Crippen LogP contribution in [0.5, 0.6) is 0 Å². The van der Waals surface area contributed by atoms with Crippen molar-refractivity contribution in [1.82, 2.24) is 15.1 Å². The maximum absolute atomic E-state index is 13.6. The quantitative estimate of drug-likeness (QED) is 0.703. The molecule has 3 rings (SSSR count). The van der Waals surface area contributed by atoms with Gasteiger partial charge < -0.3 is 10.2 Å². The first-order valence-electron chi connectivity index (χ1n) is 8.90. The van der Waals surface area contributed by atoms with E-state index in [1.807, 2.05) is 6.07 Å². The molecular formula is C19H20BrF2N3O2S. The summed E-state index contributed by atoms with van der Waals surface area (Å²) in [6, 6.07) is 6.91. The van der Waals surface area contributed by atoms with E-state index in [1.165, 1.54) is 4.88 Å². The fourth-order valence-electron chi connectivity index (χ4n) is 3.02. The minimum absolute atomic E-state index is 0.0432. The first-order valence-corrected chi connectivity index (χ1v) is 10.5. The topological polar surface area (TPSA) is 52.7 Å². The Morgan fingerprint density at radius 3 is 2.50 bits per heavy atom. The normalized spacial score (nSPS) is 14.9. The van der Waals surface area contributed by atoms with E-state index < -0.39 is 17.5 Å². The van der Waals surface area contributed by atoms with Crippen molar-refractivity contribution in [2.24, 2.45) is 0 Å². The Morgan fingerprint density at radius 2 is 1.86 bits per heavy atom. The minimum atomic E-state index is -0.919. The molecule has 0 saturated carbocycles. The van der Waals surface area contributed by atoms with Gasteiger partial charge in [0, 0.05) is 56.6 Å². The second kappa shape index (κ2) is 9.58. The number of rotatable bonds is 6. The van der Waals surface area contributed by atoms with E-state index in [0.29, 0.717) is 19.2 Å². The number of benzene rings is 1. The lowest BCUT2D eigenvalue weighted by Gasteiger charge is -2.34. The van der Waals surface area contributed by atoms with E-state index in [9.17, 15) is 18.4 Å². The molecule has 2 aromatic rings. The number of nitrogens with zero attached hydrogens (tertiary/aromatic N) is 2. The molecular weight excluding hydrogens is 452 g/mol. The van der Waals surface area contributed by atoms with Crippen molar-refractivity contribution in [2.45, 2.75) is 13.0 Å². The van der Waals surface area contributed by atoms with Gasteiger partial charge in [0.1, 0.15) is 11.6 Å². The molecule has 28 heavy (non-hydrogen) atoms. The van der Waals surface area contributed by atoms with Crippen LogP contribution in [0, 0.1) is 11.6 Å². The molecule has 0 aliphatic carbocycles. The summed E-state index contributed by atoms with van der Waals surface area (Å²) in [5.41, 5.74) is -0.234. The van der Waals surface area contributed by atoms with Gasteiger partial charge in [-0.3, -0.25) is 14.5 Å². The third-order valence-electron chi connectivity index (χ3n) is 4.53. The molecule has 1 aliphatic heterocycles. The third-order valence-corrected chi connectivity index (χ3v) is 6.14. The van der Waals surface area contributed by atoms with E-state index in [-0.39, 0.29) is 24.4 Å². The molecule has 1 fully saturated rings. The second-order valence-corrected chi connectivity index (χ2v) is 9.04. The van der Waals surface area contributed by atoms with Gasteiger partial charge in [-0.2, -0.15) is 0 Å². The summed E-state index contributed by atoms with van der Waals surface area (Å²) in [5.74, 6) is -2.36. The van der Waals surface area contributed by atoms with Crippen LogP contribution in [-0.4, -0.2) is 54.3 Å².